The first kappa shape index (κ1) is 10.1. The second-order valence-corrected chi connectivity index (χ2v) is 6.48. The largest absolute Gasteiger partial charge is 0.299 e. The Labute approximate surface area is 83.8 Å². The van der Waals surface area contributed by atoms with Crippen LogP contribution in [0.15, 0.2) is 0 Å². The summed E-state index contributed by atoms with van der Waals surface area (Å²) >= 11 is 0. The van der Waals surface area contributed by atoms with Gasteiger partial charge in [0.1, 0.15) is 5.78 Å². The van der Waals surface area contributed by atoms with E-state index in [4.69, 9.17) is 4.18 Å². The summed E-state index contributed by atoms with van der Waals surface area (Å²) in [7, 11) is -3.33. The predicted octanol–water partition coefficient (Wildman–Crippen LogP) is 0.722. The molecule has 3 aliphatic carbocycles. The summed E-state index contributed by atoms with van der Waals surface area (Å²) in [6, 6.07) is 0. The number of carbonyl (C=O) groups excluding carboxylic acids is 1. The third kappa shape index (κ3) is 1.39. The molecule has 0 atom stereocenters. The van der Waals surface area contributed by atoms with Crippen molar-refractivity contribution in [2.75, 3.05) is 12.9 Å². The second-order valence-electron chi connectivity index (χ2n) is 4.83. The zero-order valence-electron chi connectivity index (χ0n) is 8.37. The first-order chi connectivity index (χ1) is 6.27. The minimum absolute atomic E-state index is 0.00521. The van der Waals surface area contributed by atoms with E-state index in [1.54, 1.807) is 6.92 Å². The highest BCUT2D eigenvalue weighted by molar-refractivity contribution is 7.85. The second kappa shape index (κ2) is 2.58. The first-order valence-electron chi connectivity index (χ1n) is 4.63. The van der Waals surface area contributed by atoms with Gasteiger partial charge in [-0.3, -0.25) is 8.98 Å². The van der Waals surface area contributed by atoms with E-state index in [1.165, 1.54) is 0 Å². The van der Waals surface area contributed by atoms with Crippen molar-refractivity contribution in [3.8, 4) is 0 Å². The minimum atomic E-state index is -3.33. The molecular formula is C9H14O4S. The lowest BCUT2D eigenvalue weighted by molar-refractivity contribution is -0.213. The molecule has 0 unspecified atom stereocenters. The molecule has 0 radical (unpaired) electrons. The van der Waals surface area contributed by atoms with Crippen LogP contribution in [0.25, 0.3) is 0 Å². The topological polar surface area (TPSA) is 60.4 Å². The minimum Gasteiger partial charge on any atom is -0.299 e. The van der Waals surface area contributed by atoms with Crippen LogP contribution in [0, 0.1) is 10.8 Å². The quantitative estimate of drug-likeness (QED) is 0.652. The Bertz CT molecular complexity index is 362. The zero-order chi connectivity index (χ0) is 10.6. The van der Waals surface area contributed by atoms with Crippen LogP contribution in [-0.4, -0.2) is 27.1 Å². The molecule has 3 rings (SSSR count). The Hall–Kier alpha value is -0.420. The van der Waals surface area contributed by atoms with Crippen molar-refractivity contribution in [1.82, 2.24) is 0 Å². The van der Waals surface area contributed by atoms with Crippen molar-refractivity contribution < 1.29 is 17.4 Å². The molecule has 3 fully saturated rings. The Morgan fingerprint density at radius 1 is 1.36 bits per heavy atom. The number of hydrogen-bond acceptors (Lipinski definition) is 4. The molecule has 0 heterocycles. The summed E-state index contributed by atoms with van der Waals surface area (Å²) in [6.45, 7) is 1.86. The predicted molar refractivity (Wildman–Crippen MR) is 50.2 cm³/mol. The van der Waals surface area contributed by atoms with E-state index in [-0.39, 0.29) is 23.2 Å². The van der Waals surface area contributed by atoms with Gasteiger partial charge in [0.15, 0.2) is 0 Å². The van der Waals surface area contributed by atoms with Crippen molar-refractivity contribution in [1.29, 1.82) is 0 Å². The van der Waals surface area contributed by atoms with E-state index >= 15 is 0 Å². The van der Waals surface area contributed by atoms with E-state index in [0.29, 0.717) is 0 Å². The molecule has 4 nitrogen and oxygen atoms in total. The molecule has 0 saturated heterocycles. The average molecular weight is 218 g/mol. The van der Waals surface area contributed by atoms with Gasteiger partial charge in [0.25, 0.3) is 10.1 Å². The summed E-state index contributed by atoms with van der Waals surface area (Å²) in [4.78, 5) is 11.2. The smallest absolute Gasteiger partial charge is 0.264 e. The fourth-order valence-corrected chi connectivity index (χ4v) is 3.22. The van der Waals surface area contributed by atoms with Crippen molar-refractivity contribution in [3.63, 3.8) is 0 Å². The van der Waals surface area contributed by atoms with Crippen LogP contribution in [0.5, 0.6) is 0 Å². The molecule has 3 saturated carbocycles. The molecule has 0 aliphatic heterocycles. The maximum Gasteiger partial charge on any atom is 0.264 e. The van der Waals surface area contributed by atoms with Gasteiger partial charge in [-0.25, -0.2) is 0 Å². The van der Waals surface area contributed by atoms with Gasteiger partial charge in [-0.1, -0.05) is 0 Å². The van der Waals surface area contributed by atoms with Crippen molar-refractivity contribution in [3.05, 3.63) is 0 Å². The number of ketones is 1. The molecule has 14 heavy (non-hydrogen) atoms. The van der Waals surface area contributed by atoms with Gasteiger partial charge < -0.3 is 0 Å². The fraction of sp³-hybridized carbons (Fsp3) is 0.889. The monoisotopic (exact) mass is 218 g/mol. The van der Waals surface area contributed by atoms with Gasteiger partial charge in [0.2, 0.25) is 0 Å². The summed E-state index contributed by atoms with van der Waals surface area (Å²) in [5.74, 6) is 0.235. The highest BCUT2D eigenvalue weighted by Gasteiger charge is 2.70. The summed E-state index contributed by atoms with van der Waals surface area (Å²) in [5.41, 5.74) is -0.115. The summed E-state index contributed by atoms with van der Waals surface area (Å²) in [5, 5.41) is 0. The van der Waals surface area contributed by atoms with Crippen LogP contribution in [0.3, 0.4) is 0 Å². The van der Waals surface area contributed by atoms with E-state index in [2.05, 4.69) is 0 Å². The lowest BCUT2D eigenvalue weighted by atomic mass is 9.34. The number of carbonyl (C=O) groups is 1. The van der Waals surface area contributed by atoms with E-state index in [1.807, 2.05) is 0 Å². The van der Waals surface area contributed by atoms with E-state index < -0.39 is 10.1 Å². The maximum absolute atomic E-state index is 11.2. The zero-order valence-corrected chi connectivity index (χ0v) is 9.19. The molecule has 0 aromatic carbocycles. The molecule has 80 valence electrons. The molecule has 0 spiro atoms. The Morgan fingerprint density at radius 2 is 1.86 bits per heavy atom. The van der Waals surface area contributed by atoms with Crippen LogP contribution in [-0.2, 0) is 19.1 Å². The maximum atomic E-state index is 11.2. The van der Waals surface area contributed by atoms with Gasteiger partial charge in [0, 0.05) is 5.41 Å². The summed E-state index contributed by atoms with van der Waals surface area (Å²) in [6.07, 6.45) is 3.49. The van der Waals surface area contributed by atoms with Crippen LogP contribution in [0.1, 0.15) is 26.2 Å². The van der Waals surface area contributed by atoms with Crippen molar-refractivity contribution in [2.24, 2.45) is 10.8 Å². The molecule has 5 heteroatoms. The molecule has 0 N–H and O–H groups in total. The third-order valence-corrected chi connectivity index (χ3v) is 4.01. The van der Waals surface area contributed by atoms with E-state index in [9.17, 15) is 13.2 Å². The molecule has 3 aliphatic rings. The highest BCUT2D eigenvalue weighted by Crippen LogP contribution is 2.73. The van der Waals surface area contributed by atoms with Crippen LogP contribution in [0.4, 0.5) is 0 Å². The SMILES string of the molecule is CC(=O)C12CC(COS(C)(=O)=O)(C1)C2. The standard InChI is InChI=1S/C9H14O4S/c1-7(10)9-3-8(4-9,5-9)6-13-14(2,11)12/h3-6H2,1-2H3. The normalized spacial score (nSPS) is 39.9. The Balaban J connectivity index is 1.87. The Kier molecular flexibility index (Phi) is 1.86. The third-order valence-electron chi connectivity index (χ3n) is 3.47. The van der Waals surface area contributed by atoms with Gasteiger partial charge in [-0.2, -0.15) is 8.42 Å². The molecular weight excluding hydrogens is 204 g/mol. The van der Waals surface area contributed by atoms with Gasteiger partial charge in [-0.05, 0) is 31.6 Å². The van der Waals surface area contributed by atoms with Crippen LogP contribution < -0.4 is 0 Å². The van der Waals surface area contributed by atoms with Crippen molar-refractivity contribution >= 4 is 15.9 Å². The fourth-order valence-electron chi connectivity index (χ4n) is 2.76. The average Bonchev–Trinajstić information content (AvgIpc) is 1.76. The highest BCUT2D eigenvalue weighted by atomic mass is 32.2. The summed E-state index contributed by atoms with van der Waals surface area (Å²) < 4.78 is 26.3. The van der Waals surface area contributed by atoms with Crippen molar-refractivity contribution in [2.45, 2.75) is 26.2 Å². The lowest BCUT2D eigenvalue weighted by Gasteiger charge is -2.69. The molecule has 2 bridgehead atoms. The Morgan fingerprint density at radius 3 is 2.21 bits per heavy atom. The van der Waals surface area contributed by atoms with Gasteiger partial charge >= 0.3 is 0 Å². The van der Waals surface area contributed by atoms with Gasteiger partial charge in [0.05, 0.1) is 12.9 Å². The van der Waals surface area contributed by atoms with Crippen LogP contribution >= 0.6 is 0 Å². The molecule has 0 aromatic rings. The van der Waals surface area contributed by atoms with Gasteiger partial charge in [-0.15, -0.1) is 0 Å². The lowest BCUT2D eigenvalue weighted by Crippen LogP contribution is -2.66. The molecule has 0 aromatic heterocycles. The van der Waals surface area contributed by atoms with E-state index in [0.717, 1.165) is 25.5 Å². The first-order valence-corrected chi connectivity index (χ1v) is 6.44. The number of hydrogen-bond donors (Lipinski definition) is 0. The molecule has 0 amide bonds. The van der Waals surface area contributed by atoms with Crippen LogP contribution in [0.2, 0.25) is 0 Å². The number of Topliss-reactive ketones (excluding diaryl/α,β-unsaturated/α-hetero) is 1. The number of rotatable bonds is 4.